The van der Waals surface area contributed by atoms with E-state index in [1.54, 1.807) is 38.3 Å². The Bertz CT molecular complexity index is 473. The van der Waals surface area contributed by atoms with Crippen molar-refractivity contribution < 1.29 is 29.3 Å². The van der Waals surface area contributed by atoms with Gasteiger partial charge in [0.25, 0.3) is 0 Å². The highest BCUT2D eigenvalue weighted by molar-refractivity contribution is 5.75. The molecular formula is C14H19NO6. The Morgan fingerprint density at radius 2 is 1.90 bits per heavy atom. The largest absolute Gasteiger partial charge is 0.497 e. The number of rotatable bonds is 7. The number of carbonyl (C=O) groups is 2. The molecule has 0 fully saturated rings. The highest BCUT2D eigenvalue weighted by Crippen LogP contribution is 2.12. The summed E-state index contributed by atoms with van der Waals surface area (Å²) in [5, 5.41) is 20.4. The van der Waals surface area contributed by atoms with Crippen molar-refractivity contribution >= 4 is 12.1 Å². The van der Waals surface area contributed by atoms with Crippen LogP contribution < -0.4 is 10.1 Å². The van der Waals surface area contributed by atoms with Crippen LogP contribution in [0.3, 0.4) is 0 Å². The van der Waals surface area contributed by atoms with E-state index in [-0.39, 0.29) is 13.0 Å². The van der Waals surface area contributed by atoms with Crippen molar-refractivity contribution in [2.24, 2.45) is 0 Å². The van der Waals surface area contributed by atoms with Gasteiger partial charge in [-0.2, -0.15) is 0 Å². The Hall–Kier alpha value is -2.28. The van der Waals surface area contributed by atoms with Crippen LogP contribution in [0.25, 0.3) is 0 Å². The lowest BCUT2D eigenvalue weighted by Gasteiger charge is -2.19. The summed E-state index contributed by atoms with van der Waals surface area (Å²) in [6, 6.07) is 6.07. The standard InChI is InChI=1S/C14H19NO6/c1-3-11(12(16)13(17)18)15-14(19)21-8-9-4-6-10(20-2)7-5-9/h4-7,11-12,16H,3,8H2,1-2H3,(H,15,19)(H,17,18)/t11-,12+/m0/s1. The molecule has 1 rings (SSSR count). The van der Waals surface area contributed by atoms with Crippen LogP contribution in [0.15, 0.2) is 24.3 Å². The molecule has 1 amide bonds. The van der Waals surface area contributed by atoms with Gasteiger partial charge in [-0.1, -0.05) is 19.1 Å². The second-order valence-electron chi connectivity index (χ2n) is 4.37. The molecule has 21 heavy (non-hydrogen) atoms. The van der Waals surface area contributed by atoms with Gasteiger partial charge >= 0.3 is 12.1 Å². The molecule has 0 bridgehead atoms. The number of hydrogen-bond acceptors (Lipinski definition) is 5. The van der Waals surface area contributed by atoms with Crippen LogP contribution in [-0.2, 0) is 16.1 Å². The van der Waals surface area contributed by atoms with E-state index in [9.17, 15) is 14.7 Å². The number of aliphatic hydroxyl groups is 1. The fourth-order valence-electron chi connectivity index (χ4n) is 1.64. The third-order valence-corrected chi connectivity index (χ3v) is 2.91. The fraction of sp³-hybridized carbons (Fsp3) is 0.429. The number of alkyl carbamates (subject to hydrolysis) is 1. The first-order valence-corrected chi connectivity index (χ1v) is 6.45. The maximum atomic E-state index is 11.6. The SMILES string of the molecule is CC[C@H](NC(=O)OCc1ccc(OC)cc1)[C@@H](O)C(=O)O. The van der Waals surface area contributed by atoms with Crippen LogP contribution in [0.5, 0.6) is 5.75 Å². The number of carbonyl (C=O) groups excluding carboxylic acids is 1. The number of carboxylic acid groups (broad SMARTS) is 1. The topological polar surface area (TPSA) is 105 Å². The van der Waals surface area contributed by atoms with Crippen LogP contribution in [0.4, 0.5) is 4.79 Å². The summed E-state index contributed by atoms with van der Waals surface area (Å²) in [7, 11) is 1.55. The number of aliphatic carboxylic acids is 1. The molecule has 7 heteroatoms. The van der Waals surface area contributed by atoms with Crippen molar-refractivity contribution in [3.05, 3.63) is 29.8 Å². The lowest BCUT2D eigenvalue weighted by molar-refractivity contribution is -0.148. The molecule has 0 aliphatic heterocycles. The molecular weight excluding hydrogens is 278 g/mol. The molecule has 1 aromatic rings. The van der Waals surface area contributed by atoms with E-state index in [4.69, 9.17) is 14.6 Å². The maximum absolute atomic E-state index is 11.6. The molecule has 0 spiro atoms. The summed E-state index contributed by atoms with van der Waals surface area (Å²) in [5.41, 5.74) is 0.762. The van der Waals surface area contributed by atoms with Gasteiger partial charge in [-0.25, -0.2) is 9.59 Å². The number of benzene rings is 1. The number of ether oxygens (including phenoxy) is 2. The van der Waals surface area contributed by atoms with Crippen LogP contribution >= 0.6 is 0 Å². The smallest absolute Gasteiger partial charge is 0.407 e. The molecule has 0 saturated carbocycles. The number of aliphatic hydroxyl groups excluding tert-OH is 1. The fourth-order valence-corrected chi connectivity index (χ4v) is 1.64. The Morgan fingerprint density at radius 3 is 2.38 bits per heavy atom. The van der Waals surface area contributed by atoms with Crippen molar-refractivity contribution in [1.29, 1.82) is 0 Å². The molecule has 0 aliphatic rings. The summed E-state index contributed by atoms with van der Waals surface area (Å²) in [6.07, 6.45) is -2.17. The molecule has 116 valence electrons. The Kier molecular flexibility index (Phi) is 6.48. The van der Waals surface area contributed by atoms with E-state index in [0.717, 1.165) is 5.56 Å². The van der Waals surface area contributed by atoms with Crippen LogP contribution in [0.1, 0.15) is 18.9 Å². The molecule has 7 nitrogen and oxygen atoms in total. The van der Waals surface area contributed by atoms with Gasteiger partial charge in [-0.3, -0.25) is 0 Å². The summed E-state index contributed by atoms with van der Waals surface area (Å²) in [5.74, 6) is -0.698. The zero-order valence-corrected chi connectivity index (χ0v) is 11.9. The molecule has 2 atom stereocenters. The molecule has 0 aromatic heterocycles. The Morgan fingerprint density at radius 1 is 1.29 bits per heavy atom. The minimum Gasteiger partial charge on any atom is -0.497 e. The molecule has 0 unspecified atom stereocenters. The number of methoxy groups -OCH3 is 1. The van der Waals surface area contributed by atoms with Crippen LogP contribution in [0, 0.1) is 0 Å². The molecule has 0 saturated heterocycles. The van der Waals surface area contributed by atoms with E-state index in [0.29, 0.717) is 5.75 Å². The molecule has 3 N–H and O–H groups in total. The zero-order chi connectivity index (χ0) is 15.8. The van der Waals surface area contributed by atoms with Crippen molar-refractivity contribution in [1.82, 2.24) is 5.32 Å². The first-order chi connectivity index (χ1) is 9.97. The quantitative estimate of drug-likeness (QED) is 0.697. The van der Waals surface area contributed by atoms with Crippen LogP contribution in [0.2, 0.25) is 0 Å². The average Bonchev–Trinajstić information content (AvgIpc) is 2.50. The van der Waals surface area contributed by atoms with Gasteiger partial charge in [0.1, 0.15) is 12.4 Å². The van der Waals surface area contributed by atoms with Crippen molar-refractivity contribution in [2.45, 2.75) is 32.1 Å². The lowest BCUT2D eigenvalue weighted by atomic mass is 10.1. The first kappa shape index (κ1) is 16.8. The number of carboxylic acids is 1. The van der Waals surface area contributed by atoms with Gasteiger partial charge in [-0.15, -0.1) is 0 Å². The van der Waals surface area contributed by atoms with Gasteiger partial charge in [0, 0.05) is 0 Å². The molecule has 1 aromatic carbocycles. The highest BCUT2D eigenvalue weighted by atomic mass is 16.5. The Labute approximate surface area is 122 Å². The van der Waals surface area contributed by atoms with Gasteiger partial charge < -0.3 is 25.0 Å². The van der Waals surface area contributed by atoms with Gasteiger partial charge in [0.05, 0.1) is 13.2 Å². The average molecular weight is 297 g/mol. The van der Waals surface area contributed by atoms with E-state index < -0.39 is 24.2 Å². The van der Waals surface area contributed by atoms with Crippen molar-refractivity contribution in [2.75, 3.05) is 7.11 Å². The minimum atomic E-state index is -1.66. The molecule has 0 radical (unpaired) electrons. The van der Waals surface area contributed by atoms with Crippen molar-refractivity contribution in [3.8, 4) is 5.75 Å². The molecule has 0 aliphatic carbocycles. The number of amides is 1. The summed E-state index contributed by atoms with van der Waals surface area (Å²) >= 11 is 0. The van der Waals surface area contributed by atoms with E-state index >= 15 is 0 Å². The lowest BCUT2D eigenvalue weighted by Crippen LogP contribution is -2.46. The van der Waals surface area contributed by atoms with Gasteiger partial charge in [0.15, 0.2) is 6.10 Å². The highest BCUT2D eigenvalue weighted by Gasteiger charge is 2.26. The second kappa shape index (κ2) is 8.11. The normalized spacial score (nSPS) is 13.1. The van der Waals surface area contributed by atoms with E-state index in [2.05, 4.69) is 5.32 Å². The summed E-state index contributed by atoms with van der Waals surface area (Å²) < 4.78 is 9.98. The zero-order valence-electron chi connectivity index (χ0n) is 11.9. The Balaban J connectivity index is 2.47. The summed E-state index contributed by atoms with van der Waals surface area (Å²) in [4.78, 5) is 22.2. The predicted molar refractivity (Wildman–Crippen MR) is 74.0 cm³/mol. The number of nitrogens with one attached hydrogen (secondary N) is 1. The van der Waals surface area contributed by atoms with Crippen LogP contribution in [-0.4, -0.2) is 41.5 Å². The second-order valence-corrected chi connectivity index (χ2v) is 4.37. The van der Waals surface area contributed by atoms with E-state index in [1.165, 1.54) is 0 Å². The van der Waals surface area contributed by atoms with Crippen molar-refractivity contribution in [3.63, 3.8) is 0 Å². The third kappa shape index (κ3) is 5.31. The summed E-state index contributed by atoms with van der Waals surface area (Å²) in [6.45, 7) is 1.69. The van der Waals surface area contributed by atoms with Gasteiger partial charge in [-0.05, 0) is 24.1 Å². The minimum absolute atomic E-state index is 0.0371. The first-order valence-electron chi connectivity index (χ1n) is 6.45. The maximum Gasteiger partial charge on any atom is 0.407 e. The number of hydrogen-bond donors (Lipinski definition) is 3. The monoisotopic (exact) mass is 297 g/mol. The third-order valence-electron chi connectivity index (χ3n) is 2.91. The van der Waals surface area contributed by atoms with Gasteiger partial charge in [0.2, 0.25) is 0 Å². The predicted octanol–water partition coefficient (Wildman–Crippen LogP) is 1.15. The molecule has 0 heterocycles. The van der Waals surface area contributed by atoms with E-state index in [1.807, 2.05) is 0 Å².